The number of fused-ring (bicyclic) bond motifs is 2. The maximum Gasteiger partial charge on any atom is 0.407 e. The highest BCUT2D eigenvalue weighted by Crippen LogP contribution is 2.43. The van der Waals surface area contributed by atoms with Gasteiger partial charge in [-0.15, -0.1) is 0 Å². The van der Waals surface area contributed by atoms with Gasteiger partial charge in [0.05, 0.1) is 0 Å². The summed E-state index contributed by atoms with van der Waals surface area (Å²) < 4.78 is 5.25. The van der Waals surface area contributed by atoms with Crippen LogP contribution in [0.25, 0.3) is 0 Å². The van der Waals surface area contributed by atoms with Crippen molar-refractivity contribution < 1.29 is 9.53 Å². The van der Waals surface area contributed by atoms with Gasteiger partial charge in [-0.25, -0.2) is 4.79 Å². The summed E-state index contributed by atoms with van der Waals surface area (Å²) in [5.41, 5.74) is 5.66. The normalized spacial score (nSPS) is 37.5. The van der Waals surface area contributed by atoms with Crippen molar-refractivity contribution in [2.24, 2.45) is 17.6 Å². The van der Waals surface area contributed by atoms with Crippen LogP contribution in [0.1, 0.15) is 40.0 Å². The lowest BCUT2D eigenvalue weighted by Gasteiger charge is -2.26. The van der Waals surface area contributed by atoms with Crippen LogP contribution in [-0.2, 0) is 4.74 Å². The SMILES string of the molecule is CC(C)(C)OC(=O)N[C@@H]1C[C@H]2CC[C@H]1[C@@H]2N. The molecule has 4 nitrogen and oxygen atoms in total. The van der Waals surface area contributed by atoms with Gasteiger partial charge in [0, 0.05) is 12.1 Å². The van der Waals surface area contributed by atoms with Crippen molar-refractivity contribution in [3.05, 3.63) is 0 Å². The molecule has 0 unspecified atom stereocenters. The number of hydrogen-bond acceptors (Lipinski definition) is 3. The van der Waals surface area contributed by atoms with Gasteiger partial charge in [-0.3, -0.25) is 0 Å². The minimum Gasteiger partial charge on any atom is -0.444 e. The molecular formula is C12H22N2O2. The molecular weight excluding hydrogens is 204 g/mol. The van der Waals surface area contributed by atoms with Gasteiger partial charge in [0.25, 0.3) is 0 Å². The molecule has 92 valence electrons. The molecule has 2 fully saturated rings. The maximum absolute atomic E-state index is 11.6. The Morgan fingerprint density at radius 1 is 1.38 bits per heavy atom. The first-order chi connectivity index (χ1) is 7.37. The Morgan fingerprint density at radius 2 is 2.06 bits per heavy atom. The molecule has 0 aromatic rings. The van der Waals surface area contributed by atoms with E-state index in [1.807, 2.05) is 20.8 Å². The predicted octanol–water partition coefficient (Wildman–Crippen LogP) is 1.64. The molecule has 1 amide bonds. The zero-order valence-corrected chi connectivity index (χ0v) is 10.3. The van der Waals surface area contributed by atoms with Gasteiger partial charge in [-0.2, -0.15) is 0 Å². The van der Waals surface area contributed by atoms with Crippen LogP contribution in [0.15, 0.2) is 0 Å². The van der Waals surface area contributed by atoms with Crippen molar-refractivity contribution in [2.45, 2.75) is 57.7 Å². The highest BCUT2D eigenvalue weighted by Gasteiger charge is 2.46. The molecule has 0 saturated heterocycles. The molecule has 2 aliphatic rings. The number of hydrogen-bond donors (Lipinski definition) is 2. The van der Waals surface area contributed by atoms with Gasteiger partial charge in [-0.05, 0) is 51.9 Å². The molecule has 0 aromatic heterocycles. The fraction of sp³-hybridized carbons (Fsp3) is 0.917. The average molecular weight is 226 g/mol. The number of carbonyl (C=O) groups excluding carboxylic acids is 1. The molecule has 0 aromatic carbocycles. The topological polar surface area (TPSA) is 64.3 Å². The van der Waals surface area contributed by atoms with Crippen LogP contribution in [0.2, 0.25) is 0 Å². The Hall–Kier alpha value is -0.770. The lowest BCUT2D eigenvalue weighted by molar-refractivity contribution is 0.0487. The molecule has 4 heteroatoms. The Balaban J connectivity index is 1.85. The maximum atomic E-state index is 11.6. The second-order valence-corrected chi connectivity index (χ2v) is 6.07. The fourth-order valence-electron chi connectivity index (χ4n) is 3.01. The molecule has 3 N–H and O–H groups in total. The van der Waals surface area contributed by atoms with E-state index in [0.29, 0.717) is 11.8 Å². The highest BCUT2D eigenvalue weighted by atomic mass is 16.6. The Kier molecular flexibility index (Phi) is 2.86. The van der Waals surface area contributed by atoms with E-state index in [2.05, 4.69) is 5.32 Å². The van der Waals surface area contributed by atoms with E-state index in [-0.39, 0.29) is 18.2 Å². The van der Waals surface area contributed by atoms with Gasteiger partial charge >= 0.3 is 6.09 Å². The quantitative estimate of drug-likeness (QED) is 0.714. The minimum atomic E-state index is -0.427. The lowest BCUT2D eigenvalue weighted by Crippen LogP contribution is -2.43. The van der Waals surface area contributed by atoms with Crippen molar-refractivity contribution >= 4 is 6.09 Å². The fourth-order valence-corrected chi connectivity index (χ4v) is 3.01. The summed E-state index contributed by atoms with van der Waals surface area (Å²) in [5, 5.41) is 2.96. The van der Waals surface area contributed by atoms with E-state index >= 15 is 0 Å². The first-order valence-electron chi connectivity index (χ1n) is 6.12. The van der Waals surface area contributed by atoms with E-state index in [1.54, 1.807) is 0 Å². The number of ether oxygens (including phenoxy) is 1. The van der Waals surface area contributed by atoms with E-state index in [4.69, 9.17) is 10.5 Å². The van der Waals surface area contributed by atoms with E-state index < -0.39 is 5.60 Å². The summed E-state index contributed by atoms with van der Waals surface area (Å²) in [4.78, 5) is 11.6. The van der Waals surface area contributed by atoms with Crippen molar-refractivity contribution in [2.75, 3.05) is 0 Å². The summed E-state index contributed by atoms with van der Waals surface area (Å²) in [5.74, 6) is 1.06. The molecule has 2 rings (SSSR count). The molecule has 16 heavy (non-hydrogen) atoms. The number of carbonyl (C=O) groups is 1. The molecule has 2 bridgehead atoms. The van der Waals surface area contributed by atoms with Gasteiger partial charge in [-0.1, -0.05) is 0 Å². The lowest BCUT2D eigenvalue weighted by atomic mass is 9.95. The second kappa shape index (κ2) is 3.91. The summed E-state index contributed by atoms with van der Waals surface area (Å²) in [6.45, 7) is 5.62. The van der Waals surface area contributed by atoms with Gasteiger partial charge in [0.1, 0.15) is 5.60 Å². The first-order valence-corrected chi connectivity index (χ1v) is 6.12. The van der Waals surface area contributed by atoms with Crippen LogP contribution < -0.4 is 11.1 Å². The summed E-state index contributed by atoms with van der Waals surface area (Å²) in [6, 6.07) is 0.503. The third-order valence-electron chi connectivity index (χ3n) is 3.69. The van der Waals surface area contributed by atoms with E-state index in [9.17, 15) is 4.79 Å². The van der Waals surface area contributed by atoms with E-state index in [0.717, 1.165) is 12.8 Å². The van der Waals surface area contributed by atoms with Crippen LogP contribution in [0, 0.1) is 11.8 Å². The highest BCUT2D eigenvalue weighted by molar-refractivity contribution is 5.68. The average Bonchev–Trinajstić information content (AvgIpc) is 2.57. The van der Waals surface area contributed by atoms with Crippen molar-refractivity contribution in [3.8, 4) is 0 Å². The molecule has 2 saturated carbocycles. The van der Waals surface area contributed by atoms with Crippen molar-refractivity contribution in [3.63, 3.8) is 0 Å². The van der Waals surface area contributed by atoms with Crippen molar-refractivity contribution in [1.82, 2.24) is 5.32 Å². The van der Waals surface area contributed by atoms with Crippen LogP contribution in [0.5, 0.6) is 0 Å². The smallest absolute Gasteiger partial charge is 0.407 e. The van der Waals surface area contributed by atoms with E-state index in [1.165, 1.54) is 6.42 Å². The monoisotopic (exact) mass is 226 g/mol. The van der Waals surface area contributed by atoms with Gasteiger partial charge < -0.3 is 15.8 Å². The van der Waals surface area contributed by atoms with Crippen molar-refractivity contribution in [1.29, 1.82) is 0 Å². The Bertz CT molecular complexity index is 285. The first kappa shape index (κ1) is 11.7. The molecule has 0 heterocycles. The number of nitrogens with one attached hydrogen (secondary N) is 1. The van der Waals surface area contributed by atoms with Crippen LogP contribution >= 0.6 is 0 Å². The number of amides is 1. The molecule has 0 radical (unpaired) electrons. The molecule has 2 aliphatic carbocycles. The number of alkyl carbamates (subject to hydrolysis) is 1. The number of nitrogens with two attached hydrogens (primary N) is 1. The van der Waals surface area contributed by atoms with Gasteiger partial charge in [0.2, 0.25) is 0 Å². The number of rotatable bonds is 1. The molecule has 4 atom stereocenters. The minimum absolute atomic E-state index is 0.226. The standard InChI is InChI=1S/C12H22N2O2/c1-12(2,3)16-11(15)14-9-6-7-4-5-8(9)10(7)13/h7-10H,4-6,13H2,1-3H3,(H,14,15)/t7-,8-,9-,10-/m1/s1. The summed E-state index contributed by atoms with van der Waals surface area (Å²) in [7, 11) is 0. The van der Waals surface area contributed by atoms with Gasteiger partial charge in [0.15, 0.2) is 0 Å². The summed E-state index contributed by atoms with van der Waals surface area (Å²) in [6.07, 6.45) is 3.08. The zero-order chi connectivity index (χ0) is 11.9. The Morgan fingerprint density at radius 3 is 2.50 bits per heavy atom. The largest absolute Gasteiger partial charge is 0.444 e. The van der Waals surface area contributed by atoms with Crippen LogP contribution in [0.3, 0.4) is 0 Å². The predicted molar refractivity (Wildman–Crippen MR) is 62.0 cm³/mol. The van der Waals surface area contributed by atoms with Crippen LogP contribution in [0.4, 0.5) is 4.79 Å². The second-order valence-electron chi connectivity index (χ2n) is 6.07. The third-order valence-corrected chi connectivity index (χ3v) is 3.69. The molecule has 0 aliphatic heterocycles. The third kappa shape index (κ3) is 2.32. The summed E-state index contributed by atoms with van der Waals surface area (Å²) >= 11 is 0. The van der Waals surface area contributed by atoms with Crippen LogP contribution in [-0.4, -0.2) is 23.8 Å². The zero-order valence-electron chi connectivity index (χ0n) is 10.3. The molecule has 0 spiro atoms. The Labute approximate surface area is 96.9 Å².